The fourth-order valence-corrected chi connectivity index (χ4v) is 2.07. The molecule has 0 radical (unpaired) electrons. The third-order valence-electron chi connectivity index (χ3n) is 3.28. The predicted molar refractivity (Wildman–Crippen MR) is 101 cm³/mol. The Morgan fingerprint density at radius 1 is 1.29 bits per heavy atom. The molecule has 0 saturated carbocycles. The number of thiocarbonyl (C=S) groups is 1. The molecule has 24 heavy (non-hydrogen) atoms. The van der Waals surface area contributed by atoms with E-state index in [2.05, 4.69) is 20.3 Å². The standard InChI is InChI=1S/C17H19N5OS/c1-11(12(2)18)7-21-13-4-5-15(16(6-13)23-3)17(24)22-14-8-19-10-20-9-14/h4-10H,18H2,1-3H3,(H,22,24). The number of aliphatic imine (C=N–C) groups is 1. The summed E-state index contributed by atoms with van der Waals surface area (Å²) in [5, 5.41) is 3.08. The van der Waals surface area contributed by atoms with E-state index in [-0.39, 0.29) is 0 Å². The van der Waals surface area contributed by atoms with E-state index < -0.39 is 0 Å². The van der Waals surface area contributed by atoms with Gasteiger partial charge in [0, 0.05) is 18.0 Å². The Bertz CT molecular complexity index is 783. The van der Waals surface area contributed by atoms with Crippen LogP contribution in [0.5, 0.6) is 5.75 Å². The molecular weight excluding hydrogens is 322 g/mol. The van der Waals surface area contributed by atoms with Gasteiger partial charge in [0.15, 0.2) is 0 Å². The summed E-state index contributed by atoms with van der Waals surface area (Å²) in [6, 6.07) is 5.54. The van der Waals surface area contributed by atoms with Gasteiger partial charge in [0.25, 0.3) is 0 Å². The maximum Gasteiger partial charge on any atom is 0.131 e. The summed E-state index contributed by atoms with van der Waals surface area (Å²) in [7, 11) is 1.59. The summed E-state index contributed by atoms with van der Waals surface area (Å²) < 4.78 is 5.43. The highest BCUT2D eigenvalue weighted by molar-refractivity contribution is 7.81. The summed E-state index contributed by atoms with van der Waals surface area (Å²) in [6.45, 7) is 3.74. The maximum absolute atomic E-state index is 5.72. The second-order valence-electron chi connectivity index (χ2n) is 5.09. The fourth-order valence-electron chi connectivity index (χ4n) is 1.78. The van der Waals surface area contributed by atoms with E-state index in [0.29, 0.717) is 16.4 Å². The van der Waals surface area contributed by atoms with Crippen LogP contribution in [-0.2, 0) is 0 Å². The van der Waals surface area contributed by atoms with E-state index in [1.807, 2.05) is 32.0 Å². The van der Waals surface area contributed by atoms with Crippen molar-refractivity contribution in [1.82, 2.24) is 9.97 Å². The van der Waals surface area contributed by atoms with Gasteiger partial charge in [-0.05, 0) is 31.6 Å². The van der Waals surface area contributed by atoms with Gasteiger partial charge in [0.2, 0.25) is 0 Å². The van der Waals surface area contributed by atoms with Crippen molar-refractivity contribution in [2.24, 2.45) is 10.7 Å². The summed E-state index contributed by atoms with van der Waals surface area (Å²) in [4.78, 5) is 12.8. The van der Waals surface area contributed by atoms with Crippen molar-refractivity contribution in [2.45, 2.75) is 13.8 Å². The van der Waals surface area contributed by atoms with Crippen LogP contribution in [0.1, 0.15) is 19.4 Å². The van der Waals surface area contributed by atoms with Crippen LogP contribution in [0.3, 0.4) is 0 Å². The largest absolute Gasteiger partial charge is 0.496 e. The zero-order valence-electron chi connectivity index (χ0n) is 13.8. The number of rotatable bonds is 5. The number of nitrogens with one attached hydrogen (secondary N) is 1. The van der Waals surface area contributed by atoms with Gasteiger partial charge in [-0.15, -0.1) is 0 Å². The van der Waals surface area contributed by atoms with Crippen LogP contribution in [0.4, 0.5) is 11.4 Å². The van der Waals surface area contributed by atoms with E-state index in [1.54, 1.807) is 25.7 Å². The normalized spacial score (nSPS) is 12.0. The number of anilines is 1. The van der Waals surface area contributed by atoms with Gasteiger partial charge < -0.3 is 15.8 Å². The van der Waals surface area contributed by atoms with Crippen LogP contribution < -0.4 is 15.8 Å². The smallest absolute Gasteiger partial charge is 0.131 e. The Morgan fingerprint density at radius 3 is 2.62 bits per heavy atom. The van der Waals surface area contributed by atoms with Gasteiger partial charge in [-0.25, -0.2) is 9.97 Å². The van der Waals surface area contributed by atoms with Crippen LogP contribution in [0.2, 0.25) is 0 Å². The Kier molecular flexibility index (Phi) is 5.97. The topological polar surface area (TPSA) is 85.4 Å². The average molecular weight is 341 g/mol. The van der Waals surface area contributed by atoms with Gasteiger partial charge in [-0.2, -0.15) is 0 Å². The van der Waals surface area contributed by atoms with Gasteiger partial charge in [-0.3, -0.25) is 4.99 Å². The number of aromatic nitrogens is 2. The lowest BCUT2D eigenvalue weighted by molar-refractivity contribution is 0.414. The summed E-state index contributed by atoms with van der Waals surface area (Å²) in [6.07, 6.45) is 6.48. The molecule has 0 aliphatic carbocycles. The van der Waals surface area contributed by atoms with Gasteiger partial charge in [-0.1, -0.05) is 12.2 Å². The van der Waals surface area contributed by atoms with E-state index in [9.17, 15) is 0 Å². The Morgan fingerprint density at radius 2 is 2.00 bits per heavy atom. The lowest BCUT2D eigenvalue weighted by Crippen LogP contribution is -2.12. The summed E-state index contributed by atoms with van der Waals surface area (Å²) in [5.74, 6) is 0.630. The maximum atomic E-state index is 5.72. The second kappa shape index (κ2) is 8.16. The first-order valence-corrected chi connectivity index (χ1v) is 7.63. The van der Waals surface area contributed by atoms with Crippen molar-refractivity contribution in [1.29, 1.82) is 0 Å². The Balaban J connectivity index is 2.23. The first kappa shape index (κ1) is 17.6. The molecule has 1 aromatic carbocycles. The third-order valence-corrected chi connectivity index (χ3v) is 3.60. The molecule has 0 atom stereocenters. The molecule has 6 nitrogen and oxygen atoms in total. The number of methoxy groups -OCH3 is 1. The molecule has 7 heteroatoms. The van der Waals surface area contributed by atoms with E-state index >= 15 is 0 Å². The molecule has 3 N–H and O–H groups in total. The molecule has 1 aromatic heterocycles. The molecule has 2 aromatic rings. The van der Waals surface area contributed by atoms with Crippen LogP contribution in [0.15, 0.2) is 53.2 Å². The van der Waals surface area contributed by atoms with Crippen LogP contribution >= 0.6 is 12.2 Å². The SMILES string of the molecule is COc1cc(N=CC(C)=C(C)N)ccc1C(=S)Nc1cncnc1. The molecule has 0 bridgehead atoms. The lowest BCUT2D eigenvalue weighted by atomic mass is 10.1. The summed E-state index contributed by atoms with van der Waals surface area (Å²) in [5.41, 5.74) is 9.60. The molecule has 0 fully saturated rings. The number of ether oxygens (including phenoxy) is 1. The predicted octanol–water partition coefficient (Wildman–Crippen LogP) is 3.23. The zero-order valence-corrected chi connectivity index (χ0v) is 14.6. The third kappa shape index (κ3) is 4.60. The Hall–Kier alpha value is -2.80. The minimum Gasteiger partial charge on any atom is -0.496 e. The van der Waals surface area contributed by atoms with Crippen molar-refractivity contribution in [3.63, 3.8) is 0 Å². The van der Waals surface area contributed by atoms with Crippen LogP contribution in [0, 0.1) is 0 Å². The second-order valence-corrected chi connectivity index (χ2v) is 5.50. The van der Waals surface area contributed by atoms with Crippen LogP contribution in [0.25, 0.3) is 0 Å². The highest BCUT2D eigenvalue weighted by Crippen LogP contribution is 2.26. The lowest BCUT2D eigenvalue weighted by Gasteiger charge is -2.12. The Labute approximate surface area is 146 Å². The van der Waals surface area contributed by atoms with E-state index in [0.717, 1.165) is 22.5 Å². The van der Waals surface area contributed by atoms with Crippen molar-refractivity contribution in [2.75, 3.05) is 12.4 Å². The number of allylic oxidation sites excluding steroid dienone is 2. The molecule has 0 unspecified atom stereocenters. The fraction of sp³-hybridized carbons (Fsp3) is 0.176. The highest BCUT2D eigenvalue weighted by Gasteiger charge is 2.10. The average Bonchev–Trinajstić information content (AvgIpc) is 2.60. The molecule has 0 spiro atoms. The van der Waals surface area contributed by atoms with Crippen LogP contribution in [-0.4, -0.2) is 28.3 Å². The molecule has 0 amide bonds. The number of nitrogens with two attached hydrogens (primary N) is 1. The monoisotopic (exact) mass is 341 g/mol. The summed E-state index contributed by atoms with van der Waals surface area (Å²) >= 11 is 5.43. The quantitative estimate of drug-likeness (QED) is 0.641. The number of nitrogens with zero attached hydrogens (tertiary/aromatic N) is 3. The molecule has 0 aliphatic heterocycles. The van der Waals surface area contributed by atoms with Gasteiger partial charge in [0.1, 0.15) is 17.1 Å². The molecular formula is C17H19N5OS. The van der Waals surface area contributed by atoms with Crippen molar-refractivity contribution in [3.8, 4) is 5.75 Å². The molecule has 2 rings (SSSR count). The number of hydrogen-bond donors (Lipinski definition) is 2. The van der Waals surface area contributed by atoms with Crippen molar-refractivity contribution < 1.29 is 4.74 Å². The van der Waals surface area contributed by atoms with Crippen molar-refractivity contribution >= 4 is 34.8 Å². The number of hydrogen-bond acceptors (Lipinski definition) is 6. The zero-order chi connectivity index (χ0) is 17.5. The van der Waals surface area contributed by atoms with Crippen molar-refractivity contribution in [3.05, 3.63) is 53.8 Å². The van der Waals surface area contributed by atoms with Gasteiger partial charge >= 0.3 is 0 Å². The minimum atomic E-state index is 0.519. The van der Waals surface area contributed by atoms with Gasteiger partial charge in [0.05, 0.1) is 36.4 Å². The molecule has 124 valence electrons. The first-order chi connectivity index (χ1) is 11.5. The highest BCUT2D eigenvalue weighted by atomic mass is 32.1. The molecule has 0 saturated heterocycles. The number of benzene rings is 1. The van der Waals surface area contributed by atoms with E-state index in [1.165, 1.54) is 6.33 Å². The first-order valence-electron chi connectivity index (χ1n) is 7.22. The molecule has 0 aliphatic rings. The van der Waals surface area contributed by atoms with E-state index in [4.69, 9.17) is 22.7 Å². The molecule has 1 heterocycles. The minimum absolute atomic E-state index is 0.519.